The molecule has 1 aromatic heterocycles. The lowest BCUT2D eigenvalue weighted by atomic mass is 9.82. The zero-order chi connectivity index (χ0) is 25.3. The van der Waals surface area contributed by atoms with E-state index in [-0.39, 0.29) is 12.3 Å². The van der Waals surface area contributed by atoms with Gasteiger partial charge in [-0.1, -0.05) is 54.6 Å². The second-order valence-corrected chi connectivity index (χ2v) is 9.78. The van der Waals surface area contributed by atoms with Crippen molar-refractivity contribution in [1.29, 1.82) is 0 Å². The van der Waals surface area contributed by atoms with Gasteiger partial charge in [0.15, 0.2) is 0 Å². The van der Waals surface area contributed by atoms with Crippen LogP contribution in [0.5, 0.6) is 0 Å². The van der Waals surface area contributed by atoms with Gasteiger partial charge in [0, 0.05) is 36.0 Å². The fraction of sp³-hybridized carbons (Fsp3) is 0.259. The number of nitrogens with zero attached hydrogens (tertiary/aromatic N) is 1. The number of amides is 3. The Hall–Kier alpha value is -3.65. The summed E-state index contributed by atoms with van der Waals surface area (Å²) in [7, 11) is 0. The number of rotatable bonds is 11. The minimum atomic E-state index is -1.28. The minimum Gasteiger partial charge on any atom is -0.369 e. The first-order chi connectivity index (χ1) is 16.8. The number of carbonyl (C=O) groups excluding carboxylic acids is 3. The van der Waals surface area contributed by atoms with Crippen molar-refractivity contribution in [1.82, 2.24) is 10.3 Å². The molecule has 1 atom stereocenters. The number of nitrogens with two attached hydrogens (primary N) is 1. The van der Waals surface area contributed by atoms with Crippen LogP contribution in [-0.2, 0) is 20.1 Å². The number of aromatic nitrogens is 1. The van der Waals surface area contributed by atoms with Crippen LogP contribution in [0.25, 0.3) is 11.1 Å². The minimum absolute atomic E-state index is 0.209. The molecular formula is C27H30N4O3S. The lowest BCUT2D eigenvalue weighted by Gasteiger charge is -2.31. The largest absolute Gasteiger partial charge is 0.369 e. The highest BCUT2D eigenvalue weighted by Gasteiger charge is 2.41. The predicted octanol–water partition coefficient (Wildman–Crippen LogP) is 4.01. The van der Waals surface area contributed by atoms with Crippen LogP contribution in [0, 0.1) is 5.41 Å². The van der Waals surface area contributed by atoms with Crippen molar-refractivity contribution >= 4 is 35.2 Å². The molecule has 2 aromatic carbocycles. The lowest BCUT2D eigenvalue weighted by molar-refractivity contribution is -0.135. The van der Waals surface area contributed by atoms with Crippen molar-refractivity contribution < 1.29 is 14.4 Å². The van der Waals surface area contributed by atoms with Crippen LogP contribution >= 0.6 is 11.8 Å². The summed E-state index contributed by atoms with van der Waals surface area (Å²) < 4.78 is 0. The Balaban J connectivity index is 1.51. The molecule has 3 rings (SSSR count). The molecule has 0 aliphatic rings. The fourth-order valence-corrected chi connectivity index (χ4v) is 4.28. The summed E-state index contributed by atoms with van der Waals surface area (Å²) in [4.78, 5) is 41.4. The Morgan fingerprint density at radius 3 is 2.20 bits per heavy atom. The van der Waals surface area contributed by atoms with Gasteiger partial charge in [-0.15, -0.1) is 0 Å². The molecule has 3 amide bonds. The third-order valence-corrected chi connectivity index (χ3v) is 6.71. The summed E-state index contributed by atoms with van der Waals surface area (Å²) in [5, 5.41) is 5.41. The summed E-state index contributed by atoms with van der Waals surface area (Å²) >= 11 is 1.63. The number of pyridine rings is 1. The van der Waals surface area contributed by atoms with Crippen LogP contribution in [0.2, 0.25) is 0 Å². The molecule has 0 unspecified atom stereocenters. The van der Waals surface area contributed by atoms with Gasteiger partial charge in [0.1, 0.15) is 6.04 Å². The van der Waals surface area contributed by atoms with Crippen molar-refractivity contribution in [3.05, 3.63) is 84.7 Å². The third-order valence-electron chi connectivity index (χ3n) is 5.68. The van der Waals surface area contributed by atoms with E-state index >= 15 is 0 Å². The molecule has 0 aliphatic heterocycles. The number of hydrogen-bond donors (Lipinski definition) is 3. The van der Waals surface area contributed by atoms with E-state index in [1.807, 2.05) is 18.2 Å². The van der Waals surface area contributed by atoms with Crippen LogP contribution < -0.4 is 16.4 Å². The number of carbonyl (C=O) groups is 3. The SMILES string of the molecule is CC(C)(C(N)=O)[C@H](NC(=O)CCSCc1ccc(-c2ccccc2)cc1)C(=O)Nc1ccncc1. The quantitative estimate of drug-likeness (QED) is 0.352. The lowest BCUT2D eigenvalue weighted by Crippen LogP contribution is -2.57. The zero-order valence-electron chi connectivity index (χ0n) is 19.9. The summed E-state index contributed by atoms with van der Waals surface area (Å²) in [6, 6.07) is 20.7. The van der Waals surface area contributed by atoms with Gasteiger partial charge in [0.2, 0.25) is 17.7 Å². The zero-order valence-corrected chi connectivity index (χ0v) is 20.7. The Labute approximate surface area is 209 Å². The molecule has 0 radical (unpaired) electrons. The highest BCUT2D eigenvalue weighted by molar-refractivity contribution is 7.98. The van der Waals surface area contributed by atoms with Gasteiger partial charge in [-0.2, -0.15) is 11.8 Å². The van der Waals surface area contributed by atoms with E-state index in [0.29, 0.717) is 11.4 Å². The van der Waals surface area contributed by atoms with Crippen LogP contribution in [0.4, 0.5) is 5.69 Å². The van der Waals surface area contributed by atoms with Gasteiger partial charge in [-0.05, 0) is 42.7 Å². The average molecular weight is 491 g/mol. The van der Waals surface area contributed by atoms with E-state index in [2.05, 4.69) is 52.0 Å². The maximum absolute atomic E-state index is 12.9. The summed E-state index contributed by atoms with van der Waals surface area (Å²) in [6.07, 6.45) is 3.28. The van der Waals surface area contributed by atoms with Crippen LogP contribution in [0.1, 0.15) is 25.8 Å². The summed E-state index contributed by atoms with van der Waals surface area (Å²) in [5.74, 6) is -0.176. The maximum atomic E-state index is 12.9. The predicted molar refractivity (Wildman–Crippen MR) is 140 cm³/mol. The smallest absolute Gasteiger partial charge is 0.248 e. The van der Waals surface area contributed by atoms with Gasteiger partial charge in [0.05, 0.1) is 5.41 Å². The molecule has 3 aromatic rings. The molecule has 1 heterocycles. The highest BCUT2D eigenvalue weighted by Crippen LogP contribution is 2.23. The van der Waals surface area contributed by atoms with Gasteiger partial charge in [0.25, 0.3) is 0 Å². The molecule has 8 heteroatoms. The van der Waals surface area contributed by atoms with E-state index in [0.717, 1.165) is 11.3 Å². The molecule has 0 aliphatic carbocycles. The molecule has 7 nitrogen and oxygen atoms in total. The molecule has 35 heavy (non-hydrogen) atoms. The second-order valence-electron chi connectivity index (χ2n) is 8.68. The first-order valence-electron chi connectivity index (χ1n) is 11.3. The number of thioether (sulfide) groups is 1. The van der Waals surface area contributed by atoms with Gasteiger partial charge in [-0.25, -0.2) is 0 Å². The van der Waals surface area contributed by atoms with Crippen molar-refractivity contribution in [3.8, 4) is 11.1 Å². The van der Waals surface area contributed by atoms with Gasteiger partial charge >= 0.3 is 0 Å². The van der Waals surface area contributed by atoms with E-state index in [1.165, 1.54) is 23.5 Å². The molecular weight excluding hydrogens is 460 g/mol. The van der Waals surface area contributed by atoms with E-state index in [1.54, 1.807) is 37.7 Å². The van der Waals surface area contributed by atoms with Crippen molar-refractivity contribution in [2.24, 2.45) is 11.1 Å². The van der Waals surface area contributed by atoms with Crippen LogP contribution in [-0.4, -0.2) is 34.5 Å². The number of nitrogens with one attached hydrogen (secondary N) is 2. The van der Waals surface area contributed by atoms with Crippen molar-refractivity contribution in [3.63, 3.8) is 0 Å². The Kier molecular flexibility index (Phi) is 9.03. The van der Waals surface area contributed by atoms with Gasteiger partial charge in [-0.3, -0.25) is 19.4 Å². The Morgan fingerprint density at radius 2 is 1.57 bits per heavy atom. The van der Waals surface area contributed by atoms with Crippen molar-refractivity contribution in [2.75, 3.05) is 11.1 Å². The molecule has 182 valence electrons. The maximum Gasteiger partial charge on any atom is 0.248 e. The standard InChI is InChI=1S/C27H30N4O3S/c1-27(2,26(28)34)24(25(33)30-22-12-15-29-16-13-22)31-23(32)14-17-35-18-19-8-10-21(11-9-19)20-6-4-3-5-7-20/h3-13,15-16,24H,14,17-18H2,1-2H3,(H2,28,34)(H,31,32)(H,29,30,33)/t24-/m1/s1. The van der Waals surface area contributed by atoms with Gasteiger partial charge < -0.3 is 16.4 Å². The Morgan fingerprint density at radius 1 is 0.943 bits per heavy atom. The molecule has 0 saturated carbocycles. The highest BCUT2D eigenvalue weighted by atomic mass is 32.2. The topological polar surface area (TPSA) is 114 Å². The number of benzene rings is 2. The van der Waals surface area contributed by atoms with E-state index in [4.69, 9.17) is 5.73 Å². The molecule has 0 bridgehead atoms. The van der Waals surface area contributed by atoms with E-state index in [9.17, 15) is 14.4 Å². The first kappa shape index (κ1) is 26.0. The summed E-state index contributed by atoms with van der Waals surface area (Å²) in [6.45, 7) is 3.08. The average Bonchev–Trinajstić information content (AvgIpc) is 2.86. The second kappa shape index (κ2) is 12.2. The number of anilines is 1. The molecule has 4 N–H and O–H groups in total. The fourth-order valence-electron chi connectivity index (χ4n) is 3.38. The monoisotopic (exact) mass is 490 g/mol. The van der Waals surface area contributed by atoms with Crippen LogP contribution in [0.3, 0.4) is 0 Å². The van der Waals surface area contributed by atoms with Crippen LogP contribution in [0.15, 0.2) is 79.1 Å². The van der Waals surface area contributed by atoms with E-state index < -0.39 is 23.3 Å². The first-order valence-corrected chi connectivity index (χ1v) is 12.4. The Bertz CT molecular complexity index is 1140. The molecule has 0 saturated heterocycles. The third kappa shape index (κ3) is 7.42. The molecule has 0 spiro atoms. The normalized spacial score (nSPS) is 11.9. The molecule has 0 fully saturated rings. The summed E-state index contributed by atoms with van der Waals surface area (Å²) in [5.41, 5.74) is 8.26. The number of primary amides is 1. The number of hydrogen-bond acceptors (Lipinski definition) is 5. The van der Waals surface area contributed by atoms with Crippen molar-refractivity contribution in [2.45, 2.75) is 32.1 Å².